The summed E-state index contributed by atoms with van der Waals surface area (Å²) in [6.07, 6.45) is 1.33. The van der Waals surface area contributed by atoms with Crippen molar-refractivity contribution in [3.05, 3.63) is 58.1 Å². The van der Waals surface area contributed by atoms with E-state index in [-0.39, 0.29) is 5.75 Å². The summed E-state index contributed by atoms with van der Waals surface area (Å²) in [5.74, 6) is -1.74. The minimum Gasteiger partial charge on any atom is -0.508 e. The first kappa shape index (κ1) is 16.8. The van der Waals surface area contributed by atoms with Gasteiger partial charge in [-0.2, -0.15) is 5.10 Å². The van der Waals surface area contributed by atoms with Gasteiger partial charge in [0.1, 0.15) is 5.75 Å². The van der Waals surface area contributed by atoms with Crippen LogP contribution in [0.1, 0.15) is 5.56 Å². The molecule has 23 heavy (non-hydrogen) atoms. The Labute approximate surface area is 141 Å². The van der Waals surface area contributed by atoms with Crippen molar-refractivity contribution in [1.82, 2.24) is 5.43 Å². The number of phenolic OH excluding ortho intramolecular Hbond substituents is 1. The van der Waals surface area contributed by atoms with Crippen molar-refractivity contribution in [1.29, 1.82) is 0 Å². The largest absolute Gasteiger partial charge is 0.508 e. The summed E-state index contributed by atoms with van der Waals surface area (Å²) in [7, 11) is 0. The van der Waals surface area contributed by atoms with E-state index in [1.165, 1.54) is 36.5 Å². The van der Waals surface area contributed by atoms with E-state index in [1.54, 1.807) is 12.1 Å². The van der Waals surface area contributed by atoms with Crippen LogP contribution in [0.3, 0.4) is 0 Å². The zero-order valence-electron chi connectivity index (χ0n) is 11.6. The molecule has 2 amide bonds. The molecule has 0 saturated carbocycles. The van der Waals surface area contributed by atoms with Gasteiger partial charge in [0.05, 0.1) is 6.21 Å². The number of halogens is 2. The second-order valence-electron chi connectivity index (χ2n) is 4.40. The number of hydrogen-bond acceptors (Lipinski definition) is 4. The summed E-state index contributed by atoms with van der Waals surface area (Å²) >= 11 is 11.6. The minimum absolute atomic E-state index is 0.116. The van der Waals surface area contributed by atoms with Crippen LogP contribution in [0.25, 0.3) is 0 Å². The van der Waals surface area contributed by atoms with Crippen LogP contribution in [0, 0.1) is 0 Å². The Kier molecular flexibility index (Phi) is 5.56. The minimum atomic E-state index is -0.948. The third-order valence-electron chi connectivity index (χ3n) is 2.60. The SMILES string of the molecule is O=C(N/N=C/c1ccc(O)cc1)C(=O)Nc1cc(Cl)cc(Cl)c1. The molecule has 0 bridgehead atoms. The summed E-state index contributed by atoms with van der Waals surface area (Å²) < 4.78 is 0. The maximum atomic E-state index is 11.7. The Morgan fingerprint density at radius 3 is 2.22 bits per heavy atom. The van der Waals surface area contributed by atoms with Crippen LogP contribution in [0.4, 0.5) is 5.69 Å². The fraction of sp³-hybridized carbons (Fsp3) is 0. The van der Waals surface area contributed by atoms with Gasteiger partial charge in [0.15, 0.2) is 0 Å². The predicted octanol–water partition coefficient (Wildman–Crippen LogP) is 2.79. The van der Waals surface area contributed by atoms with Gasteiger partial charge in [-0.1, -0.05) is 23.2 Å². The van der Waals surface area contributed by atoms with E-state index in [0.717, 1.165) is 0 Å². The summed E-state index contributed by atoms with van der Waals surface area (Å²) in [6, 6.07) is 10.5. The molecule has 0 aliphatic heterocycles. The Balaban J connectivity index is 1.92. The van der Waals surface area contributed by atoms with E-state index in [4.69, 9.17) is 28.3 Å². The molecule has 0 aromatic heterocycles. The van der Waals surface area contributed by atoms with Crippen LogP contribution in [-0.4, -0.2) is 23.1 Å². The average molecular weight is 352 g/mol. The number of carbonyl (C=O) groups excluding carboxylic acids is 2. The van der Waals surface area contributed by atoms with Crippen molar-refractivity contribution in [3.63, 3.8) is 0 Å². The normalized spacial score (nSPS) is 10.5. The highest BCUT2D eigenvalue weighted by molar-refractivity contribution is 6.40. The first-order chi connectivity index (χ1) is 10.9. The van der Waals surface area contributed by atoms with Crippen LogP contribution in [0.15, 0.2) is 47.6 Å². The zero-order chi connectivity index (χ0) is 16.8. The molecule has 118 valence electrons. The zero-order valence-corrected chi connectivity index (χ0v) is 13.1. The van der Waals surface area contributed by atoms with Gasteiger partial charge in [0.2, 0.25) is 0 Å². The van der Waals surface area contributed by atoms with Crippen LogP contribution in [-0.2, 0) is 9.59 Å². The molecular formula is C15H11Cl2N3O3. The molecule has 0 fully saturated rings. The number of anilines is 1. The average Bonchev–Trinajstić information content (AvgIpc) is 2.48. The first-order valence-corrected chi connectivity index (χ1v) is 7.09. The Bertz CT molecular complexity index is 741. The molecule has 0 spiro atoms. The van der Waals surface area contributed by atoms with Crippen LogP contribution < -0.4 is 10.7 Å². The van der Waals surface area contributed by atoms with E-state index in [9.17, 15) is 9.59 Å². The first-order valence-electron chi connectivity index (χ1n) is 6.33. The number of phenols is 1. The highest BCUT2D eigenvalue weighted by atomic mass is 35.5. The van der Waals surface area contributed by atoms with Gasteiger partial charge in [-0.05, 0) is 48.0 Å². The summed E-state index contributed by atoms with van der Waals surface area (Å²) in [4.78, 5) is 23.3. The Morgan fingerprint density at radius 1 is 1.00 bits per heavy atom. The highest BCUT2D eigenvalue weighted by Crippen LogP contribution is 2.22. The van der Waals surface area contributed by atoms with Crippen LogP contribution in [0.2, 0.25) is 10.0 Å². The van der Waals surface area contributed by atoms with Gasteiger partial charge < -0.3 is 10.4 Å². The Morgan fingerprint density at radius 2 is 1.61 bits per heavy atom. The molecule has 0 aliphatic rings. The molecule has 0 radical (unpaired) electrons. The molecule has 0 atom stereocenters. The quantitative estimate of drug-likeness (QED) is 0.451. The van der Waals surface area contributed by atoms with Crippen molar-refractivity contribution in [2.24, 2.45) is 5.10 Å². The third kappa shape index (κ3) is 5.28. The number of rotatable bonds is 3. The summed E-state index contributed by atoms with van der Waals surface area (Å²) in [5, 5.41) is 15.8. The number of benzene rings is 2. The van der Waals surface area contributed by atoms with Crippen molar-refractivity contribution in [2.45, 2.75) is 0 Å². The second-order valence-corrected chi connectivity index (χ2v) is 5.28. The second kappa shape index (κ2) is 7.62. The van der Waals surface area contributed by atoms with Gasteiger partial charge in [-0.25, -0.2) is 5.43 Å². The fourth-order valence-electron chi connectivity index (χ4n) is 1.59. The summed E-state index contributed by atoms with van der Waals surface area (Å²) in [5.41, 5.74) is 3.03. The monoisotopic (exact) mass is 351 g/mol. The standard InChI is InChI=1S/C15H11Cl2N3O3/c16-10-5-11(17)7-12(6-10)19-14(22)15(23)20-18-8-9-1-3-13(21)4-2-9/h1-8,21H,(H,19,22)(H,20,23)/b18-8+. The van der Waals surface area contributed by atoms with Gasteiger partial charge in [0, 0.05) is 15.7 Å². The lowest BCUT2D eigenvalue weighted by Crippen LogP contribution is -2.32. The molecular weight excluding hydrogens is 341 g/mol. The molecule has 6 nitrogen and oxygen atoms in total. The van der Waals surface area contributed by atoms with Gasteiger partial charge in [-0.15, -0.1) is 0 Å². The predicted molar refractivity (Wildman–Crippen MR) is 88.9 cm³/mol. The highest BCUT2D eigenvalue weighted by Gasteiger charge is 2.13. The molecule has 0 unspecified atom stereocenters. The smallest absolute Gasteiger partial charge is 0.329 e. The van der Waals surface area contributed by atoms with Crippen molar-refractivity contribution in [2.75, 3.05) is 5.32 Å². The van der Waals surface area contributed by atoms with Crippen molar-refractivity contribution >= 4 is 46.9 Å². The molecule has 0 heterocycles. The van der Waals surface area contributed by atoms with E-state index in [0.29, 0.717) is 21.3 Å². The maximum absolute atomic E-state index is 11.7. The molecule has 2 aromatic rings. The summed E-state index contributed by atoms with van der Waals surface area (Å²) in [6.45, 7) is 0. The number of carbonyl (C=O) groups is 2. The molecule has 2 rings (SSSR count). The van der Waals surface area contributed by atoms with E-state index in [1.807, 2.05) is 0 Å². The lowest BCUT2D eigenvalue weighted by molar-refractivity contribution is -0.136. The number of amides is 2. The lowest BCUT2D eigenvalue weighted by atomic mass is 10.2. The number of hydrogen-bond donors (Lipinski definition) is 3. The van der Waals surface area contributed by atoms with E-state index < -0.39 is 11.8 Å². The van der Waals surface area contributed by atoms with Gasteiger partial charge in [-0.3, -0.25) is 9.59 Å². The third-order valence-corrected chi connectivity index (χ3v) is 3.04. The van der Waals surface area contributed by atoms with Gasteiger partial charge >= 0.3 is 11.8 Å². The van der Waals surface area contributed by atoms with E-state index in [2.05, 4.69) is 15.8 Å². The maximum Gasteiger partial charge on any atom is 0.329 e. The Hall–Kier alpha value is -2.57. The number of nitrogens with one attached hydrogen (secondary N) is 2. The van der Waals surface area contributed by atoms with Crippen molar-refractivity contribution < 1.29 is 14.7 Å². The van der Waals surface area contributed by atoms with Crippen molar-refractivity contribution in [3.8, 4) is 5.75 Å². The molecule has 2 aromatic carbocycles. The number of aromatic hydroxyl groups is 1. The lowest BCUT2D eigenvalue weighted by Gasteiger charge is -2.05. The number of nitrogens with zero attached hydrogens (tertiary/aromatic N) is 1. The van der Waals surface area contributed by atoms with Crippen LogP contribution in [0.5, 0.6) is 5.75 Å². The molecule has 0 aliphatic carbocycles. The topological polar surface area (TPSA) is 90.8 Å². The fourth-order valence-corrected chi connectivity index (χ4v) is 2.12. The molecule has 8 heteroatoms. The number of hydrazone groups is 1. The van der Waals surface area contributed by atoms with Gasteiger partial charge in [0.25, 0.3) is 0 Å². The van der Waals surface area contributed by atoms with Crippen LogP contribution >= 0.6 is 23.2 Å². The van der Waals surface area contributed by atoms with E-state index >= 15 is 0 Å². The molecule has 3 N–H and O–H groups in total. The molecule has 0 saturated heterocycles.